The van der Waals surface area contributed by atoms with E-state index in [1.165, 1.54) is 0 Å². The van der Waals surface area contributed by atoms with Gasteiger partial charge in [0.1, 0.15) is 0 Å². The average molecular weight is 314 g/mol. The molecule has 0 radical (unpaired) electrons. The van der Waals surface area contributed by atoms with Crippen LogP contribution < -0.4 is 0 Å². The Balaban J connectivity index is 1.72. The third kappa shape index (κ3) is 3.59. The number of hydrogen-bond donors (Lipinski definition) is 0. The molecule has 6 heteroatoms. The van der Waals surface area contributed by atoms with Crippen molar-refractivity contribution < 1.29 is 9.53 Å². The summed E-state index contributed by atoms with van der Waals surface area (Å²) in [5.74, 6) is 0.108. The minimum absolute atomic E-state index is 0.0559. The van der Waals surface area contributed by atoms with E-state index in [0.29, 0.717) is 6.42 Å². The molecule has 0 saturated carbocycles. The Labute approximate surface area is 136 Å². The van der Waals surface area contributed by atoms with Gasteiger partial charge in [-0.1, -0.05) is 6.07 Å². The molecule has 0 unspecified atom stereocenters. The number of pyridine rings is 1. The van der Waals surface area contributed by atoms with Gasteiger partial charge in [0.2, 0.25) is 5.91 Å². The number of ether oxygens (including phenoxy) is 1. The van der Waals surface area contributed by atoms with Crippen LogP contribution in [0.15, 0.2) is 36.8 Å². The predicted octanol–water partition coefficient (Wildman–Crippen LogP) is 1.22. The third-order valence-corrected chi connectivity index (χ3v) is 4.37. The summed E-state index contributed by atoms with van der Waals surface area (Å²) in [5.41, 5.74) is 1.93. The van der Waals surface area contributed by atoms with Crippen LogP contribution in [-0.4, -0.2) is 51.4 Å². The van der Waals surface area contributed by atoms with Crippen molar-refractivity contribution in [1.82, 2.24) is 19.7 Å². The normalized spacial score (nSPS) is 20.9. The SMILES string of the molecule is CO[C@H]1CCN(C(=O)Cc2ccccn2)[C@H]1Cc1cnn(C)c1. The summed E-state index contributed by atoms with van der Waals surface area (Å²) in [6.07, 6.45) is 7.61. The smallest absolute Gasteiger partial charge is 0.228 e. The highest BCUT2D eigenvalue weighted by molar-refractivity contribution is 5.79. The third-order valence-electron chi connectivity index (χ3n) is 4.37. The summed E-state index contributed by atoms with van der Waals surface area (Å²) in [7, 11) is 3.61. The number of amides is 1. The van der Waals surface area contributed by atoms with E-state index in [-0.39, 0.29) is 18.1 Å². The lowest BCUT2D eigenvalue weighted by atomic mass is 10.0. The van der Waals surface area contributed by atoms with Gasteiger partial charge in [-0.3, -0.25) is 14.5 Å². The lowest BCUT2D eigenvalue weighted by Crippen LogP contribution is -2.42. The van der Waals surface area contributed by atoms with Crippen LogP contribution in [0.25, 0.3) is 0 Å². The Bertz CT molecular complexity index is 656. The van der Waals surface area contributed by atoms with Crippen molar-refractivity contribution in [1.29, 1.82) is 0 Å². The molecule has 6 nitrogen and oxygen atoms in total. The maximum absolute atomic E-state index is 12.7. The Kier molecular flexibility index (Phi) is 4.71. The number of methoxy groups -OCH3 is 1. The van der Waals surface area contributed by atoms with Crippen LogP contribution in [0.3, 0.4) is 0 Å². The molecule has 2 aromatic rings. The quantitative estimate of drug-likeness (QED) is 0.832. The maximum Gasteiger partial charge on any atom is 0.228 e. The molecule has 1 aliphatic heterocycles. The Morgan fingerprint density at radius 1 is 1.43 bits per heavy atom. The second-order valence-electron chi connectivity index (χ2n) is 5.94. The van der Waals surface area contributed by atoms with Crippen LogP contribution in [0.1, 0.15) is 17.7 Å². The number of nitrogens with zero attached hydrogens (tertiary/aromatic N) is 4. The molecule has 1 saturated heterocycles. The lowest BCUT2D eigenvalue weighted by Gasteiger charge is -2.27. The number of carbonyl (C=O) groups excluding carboxylic acids is 1. The number of likely N-dealkylation sites (tertiary alicyclic amines) is 1. The number of rotatable bonds is 5. The van der Waals surface area contributed by atoms with Gasteiger partial charge in [0, 0.05) is 38.8 Å². The largest absolute Gasteiger partial charge is 0.379 e. The minimum Gasteiger partial charge on any atom is -0.379 e. The number of aromatic nitrogens is 3. The first-order valence-corrected chi connectivity index (χ1v) is 7.87. The van der Waals surface area contributed by atoms with E-state index in [1.54, 1.807) is 18.0 Å². The zero-order chi connectivity index (χ0) is 16.2. The molecule has 1 fully saturated rings. The fourth-order valence-electron chi connectivity index (χ4n) is 3.23. The highest BCUT2D eigenvalue weighted by Gasteiger charge is 2.37. The topological polar surface area (TPSA) is 60.2 Å². The van der Waals surface area contributed by atoms with Gasteiger partial charge < -0.3 is 9.64 Å². The Morgan fingerprint density at radius 2 is 2.30 bits per heavy atom. The zero-order valence-electron chi connectivity index (χ0n) is 13.6. The van der Waals surface area contributed by atoms with Crippen molar-refractivity contribution in [3.8, 4) is 0 Å². The minimum atomic E-state index is 0.0559. The van der Waals surface area contributed by atoms with Crippen LogP contribution in [0.4, 0.5) is 0 Å². The molecule has 0 aromatic carbocycles. The summed E-state index contributed by atoms with van der Waals surface area (Å²) >= 11 is 0. The second-order valence-corrected chi connectivity index (χ2v) is 5.94. The molecule has 0 spiro atoms. The van der Waals surface area contributed by atoms with E-state index in [0.717, 1.165) is 30.6 Å². The summed E-state index contributed by atoms with van der Waals surface area (Å²) in [5, 5.41) is 4.21. The summed E-state index contributed by atoms with van der Waals surface area (Å²) in [4.78, 5) is 18.9. The monoisotopic (exact) mass is 314 g/mol. The van der Waals surface area contributed by atoms with E-state index in [2.05, 4.69) is 10.1 Å². The van der Waals surface area contributed by atoms with Gasteiger partial charge in [0.05, 0.1) is 24.8 Å². The predicted molar refractivity (Wildman–Crippen MR) is 85.8 cm³/mol. The highest BCUT2D eigenvalue weighted by Crippen LogP contribution is 2.24. The van der Waals surface area contributed by atoms with Gasteiger partial charge in [-0.15, -0.1) is 0 Å². The standard InChI is InChI=1S/C17H22N4O2/c1-20-12-13(11-19-20)9-15-16(23-2)6-8-21(15)17(22)10-14-5-3-4-7-18-14/h3-5,7,11-12,15-16H,6,8-10H2,1-2H3/t15-,16-/m0/s1. The number of carbonyl (C=O) groups is 1. The van der Waals surface area contributed by atoms with Crippen molar-refractivity contribution in [2.45, 2.75) is 31.4 Å². The molecule has 3 heterocycles. The van der Waals surface area contributed by atoms with Gasteiger partial charge in [-0.2, -0.15) is 5.10 Å². The van der Waals surface area contributed by atoms with Crippen LogP contribution >= 0.6 is 0 Å². The van der Waals surface area contributed by atoms with Crippen LogP contribution in [0.5, 0.6) is 0 Å². The van der Waals surface area contributed by atoms with Gasteiger partial charge in [0.25, 0.3) is 0 Å². The van der Waals surface area contributed by atoms with E-state index in [4.69, 9.17) is 4.74 Å². The molecule has 2 atom stereocenters. The van der Waals surface area contributed by atoms with Crippen molar-refractivity contribution in [3.05, 3.63) is 48.0 Å². The Hall–Kier alpha value is -2.21. The molecule has 23 heavy (non-hydrogen) atoms. The van der Waals surface area contributed by atoms with Crippen molar-refractivity contribution in [2.24, 2.45) is 7.05 Å². The first kappa shape index (κ1) is 15.7. The van der Waals surface area contributed by atoms with Crippen LogP contribution in [0.2, 0.25) is 0 Å². The molecule has 122 valence electrons. The fraction of sp³-hybridized carbons (Fsp3) is 0.471. The Morgan fingerprint density at radius 3 is 2.96 bits per heavy atom. The second kappa shape index (κ2) is 6.91. The van der Waals surface area contributed by atoms with E-state index in [1.807, 2.05) is 42.5 Å². The van der Waals surface area contributed by atoms with E-state index in [9.17, 15) is 4.79 Å². The molecule has 2 aromatic heterocycles. The molecular formula is C17H22N4O2. The number of aryl methyl sites for hydroxylation is 1. The number of hydrogen-bond acceptors (Lipinski definition) is 4. The molecular weight excluding hydrogens is 292 g/mol. The van der Waals surface area contributed by atoms with Gasteiger partial charge in [0.15, 0.2) is 0 Å². The lowest BCUT2D eigenvalue weighted by molar-refractivity contribution is -0.132. The summed E-state index contributed by atoms with van der Waals surface area (Å²) in [6, 6.07) is 5.71. The summed E-state index contributed by atoms with van der Waals surface area (Å²) in [6.45, 7) is 0.731. The van der Waals surface area contributed by atoms with Crippen molar-refractivity contribution >= 4 is 5.91 Å². The first-order valence-electron chi connectivity index (χ1n) is 7.87. The highest BCUT2D eigenvalue weighted by atomic mass is 16.5. The molecule has 0 N–H and O–H groups in total. The average Bonchev–Trinajstić information content (AvgIpc) is 3.15. The van der Waals surface area contributed by atoms with E-state index < -0.39 is 0 Å². The summed E-state index contributed by atoms with van der Waals surface area (Å²) < 4.78 is 7.38. The molecule has 0 bridgehead atoms. The van der Waals surface area contributed by atoms with Crippen LogP contribution in [0, 0.1) is 0 Å². The van der Waals surface area contributed by atoms with Crippen molar-refractivity contribution in [2.75, 3.05) is 13.7 Å². The van der Waals surface area contributed by atoms with E-state index >= 15 is 0 Å². The van der Waals surface area contributed by atoms with Gasteiger partial charge in [-0.05, 0) is 30.5 Å². The molecule has 3 rings (SSSR count). The fourth-order valence-corrected chi connectivity index (χ4v) is 3.23. The van der Waals surface area contributed by atoms with Crippen molar-refractivity contribution in [3.63, 3.8) is 0 Å². The first-order chi connectivity index (χ1) is 11.2. The molecule has 1 amide bonds. The zero-order valence-corrected chi connectivity index (χ0v) is 13.6. The maximum atomic E-state index is 12.7. The molecule has 0 aliphatic carbocycles. The van der Waals surface area contributed by atoms with Gasteiger partial charge >= 0.3 is 0 Å². The van der Waals surface area contributed by atoms with Gasteiger partial charge in [-0.25, -0.2) is 0 Å². The molecule has 1 aliphatic rings. The van der Waals surface area contributed by atoms with Crippen LogP contribution in [-0.2, 0) is 29.4 Å².